The number of rotatable bonds is 5. The van der Waals surface area contributed by atoms with Gasteiger partial charge < -0.3 is 4.74 Å². The number of imide groups is 1. The summed E-state index contributed by atoms with van der Waals surface area (Å²) in [7, 11) is 1.48. The highest BCUT2D eigenvalue weighted by molar-refractivity contribution is 9.10. The molecule has 5 rings (SSSR count). The van der Waals surface area contributed by atoms with Gasteiger partial charge in [0.25, 0.3) is 23.4 Å². The van der Waals surface area contributed by atoms with E-state index in [9.17, 15) is 24.5 Å². The van der Waals surface area contributed by atoms with Gasteiger partial charge >= 0.3 is 0 Å². The predicted molar refractivity (Wildman–Crippen MR) is 134 cm³/mol. The number of hydrogen-bond donors (Lipinski definition) is 0. The van der Waals surface area contributed by atoms with Crippen LogP contribution in [0, 0.1) is 17.0 Å². The molecule has 2 heterocycles. The lowest BCUT2D eigenvalue weighted by atomic mass is 9.85. The van der Waals surface area contributed by atoms with E-state index in [-0.39, 0.29) is 11.1 Å². The molecule has 1 fully saturated rings. The Morgan fingerprint density at radius 3 is 2.42 bits per heavy atom. The van der Waals surface area contributed by atoms with E-state index in [1.54, 1.807) is 43.3 Å². The van der Waals surface area contributed by atoms with Gasteiger partial charge in [-0.3, -0.25) is 34.3 Å². The zero-order valence-corrected chi connectivity index (χ0v) is 21.2. The third-order valence-electron chi connectivity index (χ3n) is 6.40. The molecule has 3 aromatic carbocycles. The van der Waals surface area contributed by atoms with E-state index in [0.717, 1.165) is 11.0 Å². The fourth-order valence-electron chi connectivity index (χ4n) is 4.82. The van der Waals surface area contributed by atoms with E-state index in [2.05, 4.69) is 15.9 Å². The van der Waals surface area contributed by atoms with Gasteiger partial charge in [0.2, 0.25) is 0 Å². The van der Waals surface area contributed by atoms with Crippen molar-refractivity contribution in [1.29, 1.82) is 0 Å². The Morgan fingerprint density at radius 1 is 1.00 bits per heavy atom. The van der Waals surface area contributed by atoms with Crippen LogP contribution in [0.15, 0.2) is 59.1 Å². The number of amides is 3. The third-order valence-corrected chi connectivity index (χ3v) is 7.12. The number of ether oxygens (including phenoxy) is 1. The lowest BCUT2D eigenvalue weighted by Gasteiger charge is -2.50. The van der Waals surface area contributed by atoms with Crippen LogP contribution in [0.5, 0.6) is 5.75 Å². The Morgan fingerprint density at radius 2 is 1.75 bits per heavy atom. The first-order valence-electron chi connectivity index (χ1n) is 10.7. The first-order chi connectivity index (χ1) is 17.1. The largest absolute Gasteiger partial charge is 0.496 e. The van der Waals surface area contributed by atoms with Gasteiger partial charge in [-0.2, -0.15) is 0 Å². The second kappa shape index (κ2) is 8.72. The first-order valence-corrected chi connectivity index (χ1v) is 11.9. The van der Waals surface area contributed by atoms with Crippen molar-refractivity contribution in [3.63, 3.8) is 0 Å². The van der Waals surface area contributed by atoms with Crippen molar-refractivity contribution >= 4 is 56.6 Å². The smallest absolute Gasteiger partial charge is 0.282 e. The molecule has 0 spiro atoms. The number of methoxy groups -OCH3 is 1. The van der Waals surface area contributed by atoms with Crippen molar-refractivity contribution in [2.24, 2.45) is 0 Å². The molecule has 2 aliphatic rings. The van der Waals surface area contributed by atoms with Crippen LogP contribution < -0.4 is 9.64 Å². The topological polar surface area (TPSA) is 110 Å². The SMILES string of the molecule is COc1ccc(Br)cc1[C@@H]1[C@H](N2C(=O)c3cccc([N+](=O)[O-])c3C2=O)C(=O)N1c1ccc(Cl)cc1C. The minimum atomic E-state index is -1.24. The molecule has 0 aromatic heterocycles. The highest BCUT2D eigenvalue weighted by Gasteiger charge is 2.59. The van der Waals surface area contributed by atoms with Crippen LogP contribution in [-0.2, 0) is 4.79 Å². The molecule has 2 atom stereocenters. The standard InChI is InChI=1S/C25H17BrClN3O6/c1-12-10-14(27)7-8-17(12)28-21(16-11-13(26)6-9-19(16)36-2)22(25(28)33)29-23(31)15-4-3-5-18(30(34)35)20(15)24(29)32/h3-11,21-22H,1-2H3/t21-,22+/m1/s1. The highest BCUT2D eigenvalue weighted by atomic mass is 79.9. The molecule has 0 bridgehead atoms. The second-order valence-corrected chi connectivity index (χ2v) is 9.70. The van der Waals surface area contributed by atoms with Crippen LogP contribution in [0.2, 0.25) is 5.02 Å². The highest BCUT2D eigenvalue weighted by Crippen LogP contribution is 2.48. The summed E-state index contributed by atoms with van der Waals surface area (Å²) in [5.41, 5.74) is 0.907. The Balaban J connectivity index is 1.67. The summed E-state index contributed by atoms with van der Waals surface area (Å²) in [6.07, 6.45) is 0. The Bertz CT molecular complexity index is 1490. The molecule has 11 heteroatoms. The van der Waals surface area contributed by atoms with Crippen LogP contribution in [0.25, 0.3) is 0 Å². The summed E-state index contributed by atoms with van der Waals surface area (Å²) < 4.78 is 6.24. The molecular formula is C25H17BrClN3O6. The minimum Gasteiger partial charge on any atom is -0.496 e. The number of fused-ring (bicyclic) bond motifs is 1. The number of halogens is 2. The number of β-lactam (4-membered cyclic amide) rings is 1. The molecule has 3 amide bonds. The number of aryl methyl sites for hydroxylation is 1. The summed E-state index contributed by atoms with van der Waals surface area (Å²) in [6, 6.07) is 12.1. The van der Waals surface area contributed by atoms with Gasteiger partial charge in [0.1, 0.15) is 17.4 Å². The normalized spacial score (nSPS) is 18.8. The second-order valence-electron chi connectivity index (χ2n) is 8.35. The number of nitro benzene ring substituents is 1. The number of carbonyl (C=O) groups is 3. The van der Waals surface area contributed by atoms with Crippen LogP contribution in [0.3, 0.4) is 0 Å². The summed E-state index contributed by atoms with van der Waals surface area (Å²) in [6.45, 7) is 1.79. The first kappa shape index (κ1) is 24.0. The molecular weight excluding hydrogens is 554 g/mol. The minimum absolute atomic E-state index is 0.108. The maximum atomic E-state index is 13.7. The van der Waals surface area contributed by atoms with E-state index in [1.807, 2.05) is 0 Å². The molecule has 0 radical (unpaired) electrons. The molecule has 0 unspecified atom stereocenters. The molecule has 1 saturated heterocycles. The fourth-order valence-corrected chi connectivity index (χ4v) is 5.42. The van der Waals surface area contributed by atoms with Gasteiger partial charge in [-0.1, -0.05) is 33.6 Å². The van der Waals surface area contributed by atoms with Crippen molar-refractivity contribution in [1.82, 2.24) is 4.90 Å². The summed E-state index contributed by atoms with van der Waals surface area (Å²) in [5, 5.41) is 12.1. The van der Waals surface area contributed by atoms with Crippen LogP contribution in [0.1, 0.15) is 37.9 Å². The quantitative estimate of drug-likeness (QED) is 0.183. The molecule has 182 valence electrons. The third kappa shape index (κ3) is 3.48. The Hall–Kier alpha value is -3.76. The molecule has 9 nitrogen and oxygen atoms in total. The number of benzene rings is 3. The Kier molecular flexibility index (Phi) is 5.80. The van der Waals surface area contributed by atoms with E-state index >= 15 is 0 Å². The molecule has 2 aliphatic heterocycles. The lowest BCUT2D eigenvalue weighted by molar-refractivity contribution is -0.385. The number of nitro groups is 1. The van der Waals surface area contributed by atoms with E-state index in [1.165, 1.54) is 24.1 Å². The number of carbonyl (C=O) groups excluding carboxylic acids is 3. The molecule has 3 aromatic rings. The van der Waals surface area contributed by atoms with Gasteiger partial charge in [-0.25, -0.2) is 0 Å². The fraction of sp³-hybridized carbons (Fsp3) is 0.160. The zero-order valence-electron chi connectivity index (χ0n) is 18.9. The van der Waals surface area contributed by atoms with Crippen LogP contribution >= 0.6 is 27.5 Å². The molecule has 0 N–H and O–H groups in total. The number of hydrogen-bond acceptors (Lipinski definition) is 6. The molecule has 0 aliphatic carbocycles. The van der Waals surface area contributed by atoms with E-state index in [0.29, 0.717) is 32.1 Å². The van der Waals surface area contributed by atoms with Crippen LogP contribution in [-0.4, -0.2) is 40.7 Å². The Labute approximate surface area is 218 Å². The predicted octanol–water partition coefficient (Wildman–Crippen LogP) is 5.08. The van der Waals surface area contributed by atoms with Crippen molar-refractivity contribution in [2.45, 2.75) is 19.0 Å². The van der Waals surface area contributed by atoms with Gasteiger partial charge in [0.15, 0.2) is 0 Å². The summed E-state index contributed by atoms with van der Waals surface area (Å²) >= 11 is 9.56. The number of anilines is 1. The van der Waals surface area contributed by atoms with Gasteiger partial charge in [-0.05, 0) is 55.0 Å². The zero-order chi connectivity index (χ0) is 25.9. The maximum absolute atomic E-state index is 13.7. The average Bonchev–Trinajstić information content (AvgIpc) is 3.09. The van der Waals surface area contributed by atoms with E-state index in [4.69, 9.17) is 16.3 Å². The van der Waals surface area contributed by atoms with Crippen molar-refractivity contribution < 1.29 is 24.0 Å². The van der Waals surface area contributed by atoms with Gasteiger partial charge in [-0.15, -0.1) is 0 Å². The van der Waals surface area contributed by atoms with Crippen molar-refractivity contribution in [2.75, 3.05) is 12.0 Å². The van der Waals surface area contributed by atoms with Crippen LogP contribution in [0.4, 0.5) is 11.4 Å². The van der Waals surface area contributed by atoms with E-state index < -0.39 is 40.4 Å². The summed E-state index contributed by atoms with van der Waals surface area (Å²) in [5.74, 6) is -1.71. The van der Waals surface area contributed by atoms with Crippen molar-refractivity contribution in [3.8, 4) is 5.75 Å². The maximum Gasteiger partial charge on any atom is 0.282 e. The monoisotopic (exact) mass is 569 g/mol. The summed E-state index contributed by atoms with van der Waals surface area (Å²) in [4.78, 5) is 53.6. The molecule has 36 heavy (non-hydrogen) atoms. The van der Waals surface area contributed by atoms with Crippen molar-refractivity contribution in [3.05, 3.63) is 96.5 Å². The van der Waals surface area contributed by atoms with Gasteiger partial charge in [0.05, 0.1) is 23.6 Å². The van der Waals surface area contributed by atoms with Gasteiger partial charge in [0, 0.05) is 26.8 Å². The average molecular weight is 571 g/mol. The molecule has 0 saturated carbocycles. The number of nitrogens with zero attached hydrogens (tertiary/aromatic N) is 3. The lowest BCUT2D eigenvalue weighted by Crippen LogP contribution is -2.67.